The van der Waals surface area contributed by atoms with Crippen LogP contribution in [-0.2, 0) is 14.4 Å². The molecule has 5 amide bonds. The number of halogens is 1. The van der Waals surface area contributed by atoms with Gasteiger partial charge >= 0.3 is 6.03 Å². The Morgan fingerprint density at radius 2 is 1.64 bits per heavy atom. The van der Waals surface area contributed by atoms with Crippen molar-refractivity contribution < 1.29 is 33.0 Å². The monoisotopic (exact) mass is 489 g/mol. The van der Waals surface area contributed by atoms with Crippen LogP contribution >= 0.6 is 0 Å². The lowest BCUT2D eigenvalue weighted by atomic mass is 10.1. The summed E-state index contributed by atoms with van der Waals surface area (Å²) in [7, 11) is 1.49. The maximum absolute atomic E-state index is 13.6. The number of imide groups is 2. The van der Waals surface area contributed by atoms with Gasteiger partial charge in [0, 0.05) is 0 Å². The molecule has 182 valence electrons. The van der Waals surface area contributed by atoms with Crippen LogP contribution in [0.2, 0.25) is 0 Å². The van der Waals surface area contributed by atoms with E-state index in [2.05, 4.69) is 10.6 Å². The second-order valence-corrected chi connectivity index (χ2v) is 7.54. The molecule has 0 radical (unpaired) electrons. The molecule has 0 atom stereocenters. The van der Waals surface area contributed by atoms with Crippen LogP contribution in [0.25, 0.3) is 6.08 Å². The van der Waals surface area contributed by atoms with Gasteiger partial charge in [-0.1, -0.05) is 24.3 Å². The molecule has 9 nitrogen and oxygen atoms in total. The molecule has 1 aliphatic heterocycles. The lowest BCUT2D eigenvalue weighted by Gasteiger charge is -2.26. The van der Waals surface area contributed by atoms with Gasteiger partial charge in [0.25, 0.3) is 17.7 Å². The number of ether oxygens (including phenoxy) is 2. The van der Waals surface area contributed by atoms with Gasteiger partial charge in [0.1, 0.15) is 22.9 Å². The van der Waals surface area contributed by atoms with Crippen LogP contribution in [0.15, 0.2) is 78.4 Å². The fourth-order valence-electron chi connectivity index (χ4n) is 3.35. The number of benzene rings is 3. The number of barbiturate groups is 1. The molecular formula is C26H20FN3O6. The number of hydrogen-bond acceptors (Lipinski definition) is 6. The molecule has 3 aromatic carbocycles. The van der Waals surface area contributed by atoms with E-state index in [1.54, 1.807) is 42.5 Å². The fourth-order valence-corrected chi connectivity index (χ4v) is 3.35. The van der Waals surface area contributed by atoms with Crippen molar-refractivity contribution in [1.82, 2.24) is 5.32 Å². The molecule has 0 unspecified atom stereocenters. The highest BCUT2D eigenvalue weighted by Gasteiger charge is 2.36. The van der Waals surface area contributed by atoms with Gasteiger partial charge < -0.3 is 14.8 Å². The number of nitrogens with zero attached hydrogens (tertiary/aromatic N) is 1. The number of rotatable bonds is 7. The quantitative estimate of drug-likeness (QED) is 0.388. The minimum Gasteiger partial charge on any atom is -0.497 e. The smallest absolute Gasteiger partial charge is 0.335 e. The first-order chi connectivity index (χ1) is 17.4. The second-order valence-electron chi connectivity index (χ2n) is 7.54. The highest BCUT2D eigenvalue weighted by molar-refractivity contribution is 6.39. The highest BCUT2D eigenvalue weighted by atomic mass is 19.1. The van der Waals surface area contributed by atoms with Crippen molar-refractivity contribution in [3.05, 3.63) is 89.8 Å². The number of anilines is 2. The van der Waals surface area contributed by atoms with Crippen LogP contribution in [0, 0.1) is 5.82 Å². The van der Waals surface area contributed by atoms with E-state index >= 15 is 0 Å². The van der Waals surface area contributed by atoms with Gasteiger partial charge in [-0.05, 0) is 60.2 Å². The van der Waals surface area contributed by atoms with E-state index in [0.29, 0.717) is 17.1 Å². The van der Waals surface area contributed by atoms with E-state index in [4.69, 9.17) is 9.47 Å². The average molecular weight is 489 g/mol. The zero-order valence-corrected chi connectivity index (χ0v) is 19.0. The Labute approximate surface area is 205 Å². The molecule has 1 heterocycles. The summed E-state index contributed by atoms with van der Waals surface area (Å²) < 4.78 is 24.1. The Morgan fingerprint density at radius 3 is 2.31 bits per heavy atom. The minimum atomic E-state index is -0.857. The SMILES string of the molecule is COc1ccc(N2C(=O)NC(=O)C(=Cc3ccc(OCC(=O)Nc4ccccc4F)cc3)C2=O)cc1. The summed E-state index contributed by atoms with van der Waals surface area (Å²) in [6.45, 7) is -0.353. The molecule has 4 rings (SSSR count). The fraction of sp³-hybridized carbons (Fsp3) is 0.0769. The van der Waals surface area contributed by atoms with Crippen LogP contribution in [-0.4, -0.2) is 37.5 Å². The van der Waals surface area contributed by atoms with Crippen molar-refractivity contribution in [1.29, 1.82) is 0 Å². The van der Waals surface area contributed by atoms with Crippen molar-refractivity contribution in [2.45, 2.75) is 0 Å². The van der Waals surface area contributed by atoms with Crippen LogP contribution in [0.5, 0.6) is 11.5 Å². The third-order valence-corrected chi connectivity index (χ3v) is 5.14. The van der Waals surface area contributed by atoms with E-state index in [-0.39, 0.29) is 23.6 Å². The van der Waals surface area contributed by atoms with Crippen molar-refractivity contribution >= 4 is 41.2 Å². The summed E-state index contributed by atoms with van der Waals surface area (Å²) in [5.74, 6) is -1.81. The summed E-state index contributed by atoms with van der Waals surface area (Å²) in [6.07, 6.45) is 1.34. The zero-order valence-electron chi connectivity index (χ0n) is 19.0. The van der Waals surface area contributed by atoms with Gasteiger partial charge in [-0.25, -0.2) is 14.1 Å². The topological polar surface area (TPSA) is 114 Å². The van der Waals surface area contributed by atoms with Gasteiger partial charge in [0.15, 0.2) is 6.61 Å². The number of para-hydroxylation sites is 1. The van der Waals surface area contributed by atoms with E-state index in [0.717, 1.165) is 4.90 Å². The van der Waals surface area contributed by atoms with Gasteiger partial charge in [0.05, 0.1) is 18.5 Å². The van der Waals surface area contributed by atoms with E-state index in [1.807, 2.05) is 0 Å². The normalized spacial score (nSPS) is 14.4. The molecule has 3 aromatic rings. The van der Waals surface area contributed by atoms with E-state index in [9.17, 15) is 23.6 Å². The molecule has 0 spiro atoms. The van der Waals surface area contributed by atoms with Gasteiger partial charge in [0.2, 0.25) is 0 Å². The average Bonchev–Trinajstić information content (AvgIpc) is 2.87. The maximum atomic E-state index is 13.6. The summed E-state index contributed by atoms with van der Waals surface area (Å²) in [5.41, 5.74) is 0.573. The summed E-state index contributed by atoms with van der Waals surface area (Å²) in [5, 5.41) is 4.57. The Bertz CT molecular complexity index is 1350. The van der Waals surface area contributed by atoms with Gasteiger partial charge in [-0.15, -0.1) is 0 Å². The maximum Gasteiger partial charge on any atom is 0.335 e. The van der Waals surface area contributed by atoms with Crippen molar-refractivity contribution in [3.63, 3.8) is 0 Å². The predicted molar refractivity (Wildman–Crippen MR) is 129 cm³/mol. The molecule has 10 heteroatoms. The Balaban J connectivity index is 1.43. The molecule has 0 aliphatic carbocycles. The molecule has 1 fully saturated rings. The Morgan fingerprint density at radius 1 is 0.972 bits per heavy atom. The largest absolute Gasteiger partial charge is 0.497 e. The molecule has 36 heavy (non-hydrogen) atoms. The summed E-state index contributed by atoms with van der Waals surface area (Å²) >= 11 is 0. The molecule has 0 bridgehead atoms. The number of amides is 5. The second kappa shape index (κ2) is 10.5. The number of carbonyl (C=O) groups is 4. The first-order valence-corrected chi connectivity index (χ1v) is 10.7. The highest BCUT2D eigenvalue weighted by Crippen LogP contribution is 2.24. The Hall–Kier alpha value is -4.99. The minimum absolute atomic E-state index is 0.0469. The van der Waals surface area contributed by atoms with Crippen LogP contribution in [0.1, 0.15) is 5.56 Å². The van der Waals surface area contributed by atoms with Crippen LogP contribution in [0.4, 0.5) is 20.6 Å². The van der Waals surface area contributed by atoms with Crippen LogP contribution < -0.4 is 25.0 Å². The number of methoxy groups -OCH3 is 1. The number of nitrogens with one attached hydrogen (secondary N) is 2. The first-order valence-electron chi connectivity index (χ1n) is 10.7. The Kier molecular flexibility index (Phi) is 7.05. The third-order valence-electron chi connectivity index (χ3n) is 5.14. The van der Waals surface area contributed by atoms with E-state index < -0.39 is 29.6 Å². The summed E-state index contributed by atoms with van der Waals surface area (Å²) in [6, 6.07) is 17.4. The van der Waals surface area contributed by atoms with Gasteiger partial charge in [-0.2, -0.15) is 0 Å². The molecular weight excluding hydrogens is 469 g/mol. The predicted octanol–water partition coefficient (Wildman–Crippen LogP) is 3.52. The third kappa shape index (κ3) is 5.39. The molecule has 1 aliphatic rings. The lowest BCUT2D eigenvalue weighted by molar-refractivity contribution is -0.122. The van der Waals surface area contributed by atoms with Crippen molar-refractivity contribution in [2.75, 3.05) is 23.9 Å². The molecule has 0 aromatic heterocycles. The van der Waals surface area contributed by atoms with Crippen molar-refractivity contribution in [3.8, 4) is 11.5 Å². The number of hydrogen-bond donors (Lipinski definition) is 2. The van der Waals surface area contributed by atoms with Crippen molar-refractivity contribution in [2.24, 2.45) is 0 Å². The number of carbonyl (C=O) groups excluding carboxylic acids is 4. The zero-order chi connectivity index (χ0) is 25.7. The van der Waals surface area contributed by atoms with E-state index in [1.165, 1.54) is 43.5 Å². The van der Waals surface area contributed by atoms with Crippen LogP contribution in [0.3, 0.4) is 0 Å². The molecule has 0 saturated carbocycles. The summed E-state index contributed by atoms with van der Waals surface area (Å²) in [4.78, 5) is 50.5. The standard InChI is InChI=1S/C26H20FN3O6/c1-35-18-12-8-17(9-13-18)30-25(33)20(24(32)29-26(30)34)14-16-6-10-19(11-7-16)36-15-23(31)28-22-5-3-2-4-21(22)27/h2-14H,15H2,1H3,(H,28,31)(H,29,32,34). The number of urea groups is 1. The molecule has 1 saturated heterocycles. The van der Waals surface area contributed by atoms with Gasteiger partial charge in [-0.3, -0.25) is 19.7 Å². The lowest BCUT2D eigenvalue weighted by Crippen LogP contribution is -2.54. The first kappa shape index (κ1) is 24.1. The molecule has 2 N–H and O–H groups in total.